The van der Waals surface area contributed by atoms with Gasteiger partial charge in [0.15, 0.2) is 11.5 Å². The molecule has 2 amide bonds. The third kappa shape index (κ3) is 5.43. The van der Waals surface area contributed by atoms with Crippen LogP contribution in [0.4, 0.5) is 5.69 Å². The van der Waals surface area contributed by atoms with Gasteiger partial charge in [0.2, 0.25) is 0 Å². The Balaban J connectivity index is 1.63. The van der Waals surface area contributed by atoms with Crippen LogP contribution >= 0.6 is 0 Å². The van der Waals surface area contributed by atoms with Gasteiger partial charge in [0.25, 0.3) is 11.8 Å². The Morgan fingerprint density at radius 1 is 0.844 bits per heavy atom. The number of hydrogen-bond acceptors (Lipinski definition) is 5. The van der Waals surface area contributed by atoms with Crippen LogP contribution in [-0.2, 0) is 5.41 Å². The van der Waals surface area contributed by atoms with Crippen molar-refractivity contribution in [1.29, 1.82) is 0 Å². The maximum atomic E-state index is 12.6. The molecule has 1 aromatic heterocycles. The Kier molecular flexibility index (Phi) is 7.10. The predicted molar refractivity (Wildman–Crippen MR) is 124 cm³/mol. The summed E-state index contributed by atoms with van der Waals surface area (Å²) in [5.74, 6) is 0.666. The number of aromatic nitrogens is 1. The summed E-state index contributed by atoms with van der Waals surface area (Å²) in [7, 11) is 3.07. The zero-order valence-corrected chi connectivity index (χ0v) is 18.6. The summed E-state index contributed by atoms with van der Waals surface area (Å²) < 4.78 is 10.5. The van der Waals surface area contributed by atoms with Gasteiger partial charge in [0.05, 0.1) is 14.2 Å². The highest BCUT2D eigenvalue weighted by molar-refractivity contribution is 6.04. The number of nitrogens with zero attached hydrogens (tertiary/aromatic N) is 1. The standard InChI is InChI=1S/C25H27N3O4/c1-25(2,16-27-23(29)17-11-13-26-14-12-17)19-6-8-20(9-7-19)28-24(30)18-5-10-21(31-3)22(15-18)32-4/h5-15H,16H2,1-4H3,(H,27,29)(H,28,30). The molecule has 0 aliphatic rings. The Labute approximate surface area is 187 Å². The number of pyridine rings is 1. The second kappa shape index (κ2) is 9.96. The lowest BCUT2D eigenvalue weighted by Gasteiger charge is -2.26. The lowest BCUT2D eigenvalue weighted by Crippen LogP contribution is -2.36. The molecule has 0 aliphatic heterocycles. The number of hydrogen-bond donors (Lipinski definition) is 2. The van der Waals surface area contributed by atoms with Gasteiger partial charge in [-0.05, 0) is 48.0 Å². The van der Waals surface area contributed by atoms with Crippen molar-refractivity contribution in [3.05, 3.63) is 83.7 Å². The van der Waals surface area contributed by atoms with E-state index < -0.39 is 0 Å². The van der Waals surface area contributed by atoms with Crippen molar-refractivity contribution in [3.63, 3.8) is 0 Å². The number of carbonyl (C=O) groups is 2. The Bertz CT molecular complexity index is 1080. The fourth-order valence-corrected chi connectivity index (χ4v) is 3.19. The Hall–Kier alpha value is -3.87. The van der Waals surface area contributed by atoms with E-state index in [9.17, 15) is 9.59 Å². The van der Waals surface area contributed by atoms with Gasteiger partial charge in [0, 0.05) is 41.2 Å². The summed E-state index contributed by atoms with van der Waals surface area (Å²) in [5.41, 5.74) is 2.45. The van der Waals surface area contributed by atoms with Crippen LogP contribution in [0.1, 0.15) is 40.1 Å². The molecule has 0 fully saturated rings. The third-order valence-electron chi connectivity index (χ3n) is 5.20. The van der Waals surface area contributed by atoms with E-state index in [0.717, 1.165) is 5.56 Å². The van der Waals surface area contributed by atoms with E-state index in [1.54, 1.807) is 49.8 Å². The van der Waals surface area contributed by atoms with E-state index in [1.165, 1.54) is 7.11 Å². The summed E-state index contributed by atoms with van der Waals surface area (Å²) in [6, 6.07) is 16.0. The fraction of sp³-hybridized carbons (Fsp3) is 0.240. The van der Waals surface area contributed by atoms with Crippen LogP contribution in [0.5, 0.6) is 11.5 Å². The van der Waals surface area contributed by atoms with Gasteiger partial charge in [-0.1, -0.05) is 26.0 Å². The molecule has 3 rings (SSSR count). The predicted octanol–water partition coefficient (Wildman–Crippen LogP) is 4.06. The molecule has 7 nitrogen and oxygen atoms in total. The highest BCUT2D eigenvalue weighted by atomic mass is 16.5. The van der Waals surface area contributed by atoms with Crippen molar-refractivity contribution in [2.24, 2.45) is 0 Å². The molecule has 0 bridgehead atoms. The number of ether oxygens (including phenoxy) is 2. The van der Waals surface area contributed by atoms with Crippen molar-refractivity contribution in [2.75, 3.05) is 26.1 Å². The second-order valence-corrected chi connectivity index (χ2v) is 7.90. The van der Waals surface area contributed by atoms with Crippen LogP contribution < -0.4 is 20.1 Å². The van der Waals surface area contributed by atoms with Crippen LogP contribution in [0.15, 0.2) is 67.0 Å². The maximum Gasteiger partial charge on any atom is 0.255 e. The number of nitrogens with one attached hydrogen (secondary N) is 2. The zero-order chi connectivity index (χ0) is 23.1. The summed E-state index contributed by atoms with van der Waals surface area (Å²) in [5, 5.41) is 5.85. The van der Waals surface area contributed by atoms with Crippen molar-refractivity contribution in [1.82, 2.24) is 10.3 Å². The van der Waals surface area contributed by atoms with Crippen LogP contribution in [0.25, 0.3) is 0 Å². The topological polar surface area (TPSA) is 89.6 Å². The summed E-state index contributed by atoms with van der Waals surface area (Å²) >= 11 is 0. The summed E-state index contributed by atoms with van der Waals surface area (Å²) in [6.45, 7) is 4.57. The Morgan fingerprint density at radius 2 is 1.50 bits per heavy atom. The minimum atomic E-state index is -0.297. The van der Waals surface area contributed by atoms with Gasteiger partial charge in [-0.25, -0.2) is 0 Å². The SMILES string of the molecule is COc1ccc(C(=O)Nc2ccc(C(C)(C)CNC(=O)c3ccncc3)cc2)cc1OC. The quantitative estimate of drug-likeness (QED) is 0.559. The first-order valence-corrected chi connectivity index (χ1v) is 10.2. The number of anilines is 1. The largest absolute Gasteiger partial charge is 0.493 e. The summed E-state index contributed by atoms with van der Waals surface area (Å²) in [4.78, 5) is 28.9. The first-order valence-electron chi connectivity index (χ1n) is 10.2. The normalized spacial score (nSPS) is 10.9. The van der Waals surface area contributed by atoms with Gasteiger partial charge >= 0.3 is 0 Å². The lowest BCUT2D eigenvalue weighted by molar-refractivity contribution is 0.0944. The van der Waals surface area contributed by atoms with E-state index in [2.05, 4.69) is 29.5 Å². The van der Waals surface area contributed by atoms with Crippen molar-refractivity contribution >= 4 is 17.5 Å². The highest BCUT2D eigenvalue weighted by Gasteiger charge is 2.22. The minimum Gasteiger partial charge on any atom is -0.493 e. The number of methoxy groups -OCH3 is 2. The molecule has 32 heavy (non-hydrogen) atoms. The fourth-order valence-electron chi connectivity index (χ4n) is 3.19. The molecule has 3 aromatic rings. The van der Waals surface area contributed by atoms with Crippen molar-refractivity contribution in [3.8, 4) is 11.5 Å². The molecule has 0 saturated carbocycles. The molecule has 7 heteroatoms. The van der Waals surface area contributed by atoms with E-state index in [0.29, 0.717) is 34.9 Å². The van der Waals surface area contributed by atoms with E-state index in [1.807, 2.05) is 24.3 Å². The minimum absolute atomic E-state index is 0.140. The molecule has 0 unspecified atom stereocenters. The van der Waals surface area contributed by atoms with E-state index in [-0.39, 0.29) is 17.2 Å². The van der Waals surface area contributed by atoms with Gasteiger partial charge in [-0.15, -0.1) is 0 Å². The average Bonchev–Trinajstić information content (AvgIpc) is 2.83. The van der Waals surface area contributed by atoms with Crippen molar-refractivity contribution in [2.45, 2.75) is 19.3 Å². The molecule has 0 atom stereocenters. The van der Waals surface area contributed by atoms with Crippen LogP contribution in [0.2, 0.25) is 0 Å². The first kappa shape index (κ1) is 22.8. The van der Waals surface area contributed by atoms with Crippen LogP contribution in [0.3, 0.4) is 0 Å². The smallest absolute Gasteiger partial charge is 0.255 e. The molecule has 2 N–H and O–H groups in total. The van der Waals surface area contributed by atoms with Crippen LogP contribution in [-0.4, -0.2) is 37.6 Å². The highest BCUT2D eigenvalue weighted by Crippen LogP contribution is 2.28. The molecule has 0 spiro atoms. The maximum absolute atomic E-state index is 12.6. The van der Waals surface area contributed by atoms with Gasteiger partial charge in [-0.3, -0.25) is 14.6 Å². The molecule has 2 aromatic carbocycles. The van der Waals surface area contributed by atoms with Crippen molar-refractivity contribution < 1.29 is 19.1 Å². The number of benzene rings is 2. The molecular weight excluding hydrogens is 406 g/mol. The van der Waals surface area contributed by atoms with Gasteiger partial charge in [-0.2, -0.15) is 0 Å². The molecule has 0 radical (unpaired) electrons. The summed E-state index contributed by atoms with van der Waals surface area (Å²) in [6.07, 6.45) is 3.18. The molecule has 0 aliphatic carbocycles. The molecule has 1 heterocycles. The van der Waals surface area contributed by atoms with Crippen LogP contribution in [0, 0.1) is 0 Å². The second-order valence-electron chi connectivity index (χ2n) is 7.90. The van der Waals surface area contributed by atoms with E-state index >= 15 is 0 Å². The average molecular weight is 434 g/mol. The number of amides is 2. The number of rotatable bonds is 8. The Morgan fingerprint density at radius 3 is 2.12 bits per heavy atom. The molecule has 0 saturated heterocycles. The molecule has 166 valence electrons. The lowest BCUT2D eigenvalue weighted by atomic mass is 9.84. The van der Waals surface area contributed by atoms with Gasteiger partial charge in [0.1, 0.15) is 0 Å². The third-order valence-corrected chi connectivity index (χ3v) is 5.20. The monoisotopic (exact) mass is 433 g/mol. The zero-order valence-electron chi connectivity index (χ0n) is 18.6. The van der Waals surface area contributed by atoms with Gasteiger partial charge < -0.3 is 20.1 Å². The number of carbonyl (C=O) groups excluding carboxylic acids is 2. The van der Waals surface area contributed by atoms with E-state index in [4.69, 9.17) is 9.47 Å². The first-order chi connectivity index (χ1) is 15.3. The molecular formula is C25H27N3O4.